The van der Waals surface area contributed by atoms with Crippen LogP contribution in [0, 0.1) is 0 Å². The van der Waals surface area contributed by atoms with Gasteiger partial charge >= 0.3 is 6.03 Å². The van der Waals surface area contributed by atoms with Crippen molar-refractivity contribution in [3.8, 4) is 11.1 Å². The van der Waals surface area contributed by atoms with Crippen LogP contribution in [0.4, 0.5) is 4.79 Å². The maximum Gasteiger partial charge on any atom is 0.315 e. The number of benzene rings is 4. The van der Waals surface area contributed by atoms with E-state index < -0.39 is 6.29 Å². The minimum absolute atomic E-state index is 0.00590. The number of rotatable bonds is 11. The summed E-state index contributed by atoms with van der Waals surface area (Å²) < 4.78 is 14.7. The lowest BCUT2D eigenvalue weighted by Gasteiger charge is -2.36. The molecule has 3 N–H and O–H groups in total. The van der Waals surface area contributed by atoms with Gasteiger partial charge in [0.1, 0.15) is 0 Å². The average Bonchev–Trinajstić information content (AvgIpc) is 3.53. The minimum Gasteiger partial charge on any atom is -0.392 e. The second kappa shape index (κ2) is 15.2. The highest BCUT2D eigenvalue weighted by atomic mass is 32.2. The number of urea groups is 1. The molecule has 1 aliphatic rings. The van der Waals surface area contributed by atoms with E-state index in [1.165, 1.54) is 0 Å². The number of aliphatic hydroxyl groups is 1. The fourth-order valence-electron chi connectivity index (χ4n) is 5.28. The number of thioether (sulfide) groups is 1. The zero-order valence-corrected chi connectivity index (χ0v) is 26.3. The third-order valence-corrected chi connectivity index (χ3v) is 8.91. The lowest BCUT2D eigenvalue weighted by Crippen LogP contribution is -2.34. The van der Waals surface area contributed by atoms with Gasteiger partial charge in [0.05, 0.1) is 18.8 Å². The maximum atomic E-state index is 12.4. The second-order valence-corrected chi connectivity index (χ2v) is 12.1. The summed E-state index contributed by atoms with van der Waals surface area (Å²) in [6, 6.07) is 33.8. The molecule has 0 radical (unpaired) electrons. The molecule has 2 amide bonds. The maximum absolute atomic E-state index is 12.4. The molecule has 3 atom stereocenters. The predicted molar refractivity (Wildman–Crippen MR) is 175 cm³/mol. The fourth-order valence-corrected chi connectivity index (χ4v) is 6.15. The number of amides is 2. The Morgan fingerprint density at radius 2 is 1.57 bits per heavy atom. The molecule has 5 aromatic rings. The molecule has 0 unspecified atom stereocenters. The first-order valence-corrected chi connectivity index (χ1v) is 16.1. The van der Waals surface area contributed by atoms with Crippen molar-refractivity contribution in [2.45, 2.75) is 49.8 Å². The number of carbonyl (C=O) groups excluding carboxylic acids is 1. The third kappa shape index (κ3) is 8.18. The highest BCUT2D eigenvalue weighted by molar-refractivity contribution is 7.99. The Balaban J connectivity index is 1.15. The van der Waals surface area contributed by atoms with Crippen LogP contribution in [-0.2, 0) is 36.2 Å². The molecule has 10 nitrogen and oxygen atoms in total. The predicted octanol–water partition coefficient (Wildman–Crippen LogP) is 5.71. The van der Waals surface area contributed by atoms with Gasteiger partial charge in [0.2, 0.25) is 5.16 Å². The number of aryl methyl sites for hydroxylation is 1. The first-order valence-electron chi connectivity index (χ1n) is 15.1. The van der Waals surface area contributed by atoms with E-state index in [0.717, 1.165) is 44.1 Å². The van der Waals surface area contributed by atoms with Gasteiger partial charge in [0.25, 0.3) is 0 Å². The SMILES string of the molecule is Cn1nnnc1SC[C@@H]1C[C@H](c2ccc(CO)cc2)O[C@H](c2cccc(-c3cccc(CNC(=O)NCc4ccccc4)c3)c2)O1. The summed E-state index contributed by atoms with van der Waals surface area (Å²) in [5, 5.41) is 27.9. The molecule has 11 heteroatoms. The summed E-state index contributed by atoms with van der Waals surface area (Å²) in [6.07, 6.45) is -0.228. The average molecular weight is 637 g/mol. The number of carbonyl (C=O) groups is 1. The molecule has 236 valence electrons. The number of nitrogens with zero attached hydrogens (tertiary/aromatic N) is 4. The molecular formula is C35H36N6O4S. The van der Waals surface area contributed by atoms with Crippen molar-refractivity contribution in [1.29, 1.82) is 0 Å². The van der Waals surface area contributed by atoms with Gasteiger partial charge in [-0.25, -0.2) is 9.48 Å². The summed E-state index contributed by atoms with van der Waals surface area (Å²) in [4.78, 5) is 12.4. The van der Waals surface area contributed by atoms with Crippen molar-refractivity contribution in [2.24, 2.45) is 7.05 Å². The third-order valence-electron chi connectivity index (χ3n) is 7.76. The molecule has 46 heavy (non-hydrogen) atoms. The molecule has 4 aromatic carbocycles. The van der Waals surface area contributed by atoms with E-state index in [9.17, 15) is 9.90 Å². The zero-order chi connectivity index (χ0) is 31.7. The van der Waals surface area contributed by atoms with Crippen LogP contribution in [0.1, 0.15) is 46.6 Å². The fraction of sp³-hybridized carbons (Fsp3) is 0.257. The number of ether oxygens (including phenoxy) is 2. The quantitative estimate of drug-likeness (QED) is 0.158. The Labute approximate surface area is 272 Å². The molecule has 1 aromatic heterocycles. The molecule has 1 fully saturated rings. The number of aromatic nitrogens is 4. The summed E-state index contributed by atoms with van der Waals surface area (Å²) in [5.41, 5.74) is 6.88. The Kier molecular flexibility index (Phi) is 10.4. The lowest BCUT2D eigenvalue weighted by molar-refractivity contribution is -0.245. The Morgan fingerprint density at radius 1 is 0.848 bits per heavy atom. The van der Waals surface area contributed by atoms with Crippen molar-refractivity contribution in [3.05, 3.63) is 131 Å². The van der Waals surface area contributed by atoms with E-state index in [0.29, 0.717) is 25.3 Å². The van der Waals surface area contributed by atoms with Crippen molar-refractivity contribution >= 4 is 17.8 Å². The van der Waals surface area contributed by atoms with Crippen molar-refractivity contribution in [2.75, 3.05) is 5.75 Å². The van der Waals surface area contributed by atoms with E-state index in [-0.39, 0.29) is 24.8 Å². The number of tetrazole rings is 1. The minimum atomic E-state index is -0.586. The largest absolute Gasteiger partial charge is 0.392 e. The van der Waals surface area contributed by atoms with Crippen LogP contribution in [0.3, 0.4) is 0 Å². The van der Waals surface area contributed by atoms with Crippen LogP contribution < -0.4 is 10.6 Å². The highest BCUT2D eigenvalue weighted by Crippen LogP contribution is 2.40. The zero-order valence-electron chi connectivity index (χ0n) is 25.5. The smallest absolute Gasteiger partial charge is 0.315 e. The van der Waals surface area contributed by atoms with Crippen molar-refractivity contribution in [1.82, 2.24) is 30.8 Å². The van der Waals surface area contributed by atoms with Crippen LogP contribution in [-0.4, -0.2) is 43.2 Å². The second-order valence-electron chi connectivity index (χ2n) is 11.1. The van der Waals surface area contributed by atoms with Gasteiger partial charge in [-0.15, -0.1) is 5.10 Å². The molecule has 2 heterocycles. The van der Waals surface area contributed by atoms with Crippen molar-refractivity contribution in [3.63, 3.8) is 0 Å². The van der Waals surface area contributed by atoms with E-state index in [4.69, 9.17) is 9.47 Å². The van der Waals surface area contributed by atoms with Gasteiger partial charge in [-0.3, -0.25) is 0 Å². The molecule has 0 bridgehead atoms. The first kappa shape index (κ1) is 31.4. The van der Waals surface area contributed by atoms with Crippen LogP contribution >= 0.6 is 11.8 Å². The van der Waals surface area contributed by atoms with E-state index in [1.807, 2.05) is 85.9 Å². The van der Waals surface area contributed by atoms with Crippen LogP contribution in [0.25, 0.3) is 11.1 Å². The van der Waals surface area contributed by atoms with Gasteiger partial charge in [-0.05, 0) is 55.9 Å². The monoisotopic (exact) mass is 636 g/mol. The molecule has 0 saturated carbocycles. The van der Waals surface area contributed by atoms with Gasteiger partial charge in [0.15, 0.2) is 6.29 Å². The standard InChI is InChI=1S/C35H36N6O4S/c1-41-35(38-39-40-41)46-23-31-19-32(27-15-13-25(22-42)14-16-27)45-33(44-31)30-12-6-11-29(18-30)28-10-5-9-26(17-28)21-37-34(43)36-20-24-7-3-2-4-8-24/h2-18,31-33,42H,19-23H2,1H3,(H2,36,37,43)/t31-,32+,33+/m0/s1. The summed E-state index contributed by atoms with van der Waals surface area (Å²) in [6.45, 7) is 0.866. The number of hydrogen-bond donors (Lipinski definition) is 3. The summed E-state index contributed by atoms with van der Waals surface area (Å²) in [7, 11) is 1.82. The van der Waals surface area contributed by atoms with Crippen LogP contribution in [0.2, 0.25) is 0 Å². The Morgan fingerprint density at radius 3 is 2.30 bits per heavy atom. The van der Waals surface area contributed by atoms with Crippen LogP contribution in [0.5, 0.6) is 0 Å². The molecule has 6 rings (SSSR count). The van der Waals surface area contributed by atoms with Gasteiger partial charge in [-0.2, -0.15) is 0 Å². The van der Waals surface area contributed by atoms with Gasteiger partial charge < -0.3 is 25.2 Å². The first-order chi connectivity index (χ1) is 22.5. The number of hydrogen-bond acceptors (Lipinski definition) is 8. The Hall–Kier alpha value is -4.55. The summed E-state index contributed by atoms with van der Waals surface area (Å²) >= 11 is 1.55. The topological polar surface area (TPSA) is 123 Å². The number of nitrogens with one attached hydrogen (secondary N) is 2. The lowest BCUT2D eigenvalue weighted by atomic mass is 9.99. The van der Waals surface area contributed by atoms with E-state index >= 15 is 0 Å². The highest BCUT2D eigenvalue weighted by Gasteiger charge is 2.32. The van der Waals surface area contributed by atoms with E-state index in [2.05, 4.69) is 50.4 Å². The van der Waals surface area contributed by atoms with Gasteiger partial charge in [0, 0.05) is 37.9 Å². The molecule has 0 spiro atoms. The van der Waals surface area contributed by atoms with E-state index in [1.54, 1.807) is 16.4 Å². The molecule has 1 saturated heterocycles. The molecule has 0 aliphatic carbocycles. The summed E-state index contributed by atoms with van der Waals surface area (Å²) in [5.74, 6) is 0.660. The van der Waals surface area contributed by atoms with Crippen molar-refractivity contribution < 1.29 is 19.4 Å². The van der Waals surface area contributed by atoms with Crippen LogP contribution in [0.15, 0.2) is 108 Å². The molecular weight excluding hydrogens is 600 g/mol. The normalized spacial score (nSPS) is 17.8. The molecule has 1 aliphatic heterocycles. The van der Waals surface area contributed by atoms with Gasteiger partial charge in [-0.1, -0.05) is 103 Å². The Bertz CT molecular complexity index is 1730. The number of aliphatic hydroxyl groups excluding tert-OH is 1.